The number of rotatable bonds is 7. The highest BCUT2D eigenvalue weighted by molar-refractivity contribution is 7.54. The molecule has 0 spiro atoms. The molecule has 0 amide bonds. The van der Waals surface area contributed by atoms with Crippen molar-refractivity contribution in [2.75, 3.05) is 11.7 Å². The van der Waals surface area contributed by atoms with Crippen LogP contribution in [0.2, 0.25) is 0 Å². The summed E-state index contributed by atoms with van der Waals surface area (Å²) >= 11 is 0. The molecule has 1 aliphatic heterocycles. The van der Waals surface area contributed by atoms with E-state index >= 15 is 0 Å². The molecule has 154 valence electrons. The quantitative estimate of drug-likeness (QED) is 0.295. The molecule has 1 aromatic heterocycles. The predicted octanol–water partition coefficient (Wildman–Crippen LogP) is 1.28. The van der Waals surface area contributed by atoms with Gasteiger partial charge in [0.15, 0.2) is 6.04 Å². The fourth-order valence-corrected chi connectivity index (χ4v) is 3.80. The second-order valence-corrected chi connectivity index (χ2v) is 7.94. The lowest BCUT2D eigenvalue weighted by Crippen LogP contribution is -2.33. The highest BCUT2D eigenvalue weighted by atomic mass is 31.2. The van der Waals surface area contributed by atoms with Crippen molar-refractivity contribution < 1.29 is 18.7 Å². The zero-order valence-electron chi connectivity index (χ0n) is 15.4. The van der Waals surface area contributed by atoms with Gasteiger partial charge in [-0.05, 0) is 19.1 Å². The Hall–Kier alpha value is -2.88. The molecule has 0 bridgehead atoms. The summed E-state index contributed by atoms with van der Waals surface area (Å²) in [7, 11) is -4.19. The lowest BCUT2D eigenvalue weighted by molar-refractivity contribution is -0.0240. The van der Waals surface area contributed by atoms with E-state index in [2.05, 4.69) is 20.1 Å². The number of aromatic amines is 1. The van der Waals surface area contributed by atoms with E-state index in [1.165, 1.54) is 10.8 Å². The Morgan fingerprint density at radius 1 is 1.45 bits per heavy atom. The molecule has 29 heavy (non-hydrogen) atoms. The Balaban J connectivity index is 1.72. The highest BCUT2D eigenvalue weighted by Gasteiger charge is 2.41. The van der Waals surface area contributed by atoms with Gasteiger partial charge >= 0.3 is 13.4 Å². The van der Waals surface area contributed by atoms with Crippen LogP contribution in [0.25, 0.3) is 0 Å². The van der Waals surface area contributed by atoms with Crippen LogP contribution in [0.5, 0.6) is 0 Å². The normalized spacial score (nSPS) is 23.2. The molecule has 1 fully saturated rings. The third kappa shape index (κ3) is 5.14. The third-order valence-corrected chi connectivity index (χ3v) is 5.36. The maximum atomic E-state index is 12.3. The topological polar surface area (TPSA) is 173 Å². The van der Waals surface area contributed by atoms with Crippen LogP contribution in [0.3, 0.4) is 0 Å². The minimum Gasteiger partial charge on any atom is -0.350 e. The van der Waals surface area contributed by atoms with E-state index in [9.17, 15) is 19.0 Å². The lowest BCUT2D eigenvalue weighted by Gasteiger charge is -2.18. The summed E-state index contributed by atoms with van der Waals surface area (Å²) in [6.45, 7) is 1.22. The number of benzene rings is 1. The van der Waals surface area contributed by atoms with Crippen molar-refractivity contribution >= 4 is 13.4 Å². The first-order valence-corrected chi connectivity index (χ1v) is 10.2. The number of hydrogen-bond donors (Lipinski definition) is 4. The van der Waals surface area contributed by atoms with Gasteiger partial charge in [-0.1, -0.05) is 18.2 Å². The SMILES string of the molecule is Cc1cn(C2CC(N=[N+]=N)C(COP(=O)(O)Nc3ccccc3)O2)c(=O)[nH]c1=O. The van der Waals surface area contributed by atoms with Gasteiger partial charge in [0.2, 0.25) is 4.91 Å². The van der Waals surface area contributed by atoms with Crippen LogP contribution in [0.1, 0.15) is 18.2 Å². The van der Waals surface area contributed by atoms with Crippen LogP contribution in [-0.2, 0) is 13.8 Å². The Bertz CT molecular complexity index is 1080. The van der Waals surface area contributed by atoms with Crippen molar-refractivity contribution in [2.24, 2.45) is 5.11 Å². The third-order valence-electron chi connectivity index (χ3n) is 4.32. The van der Waals surface area contributed by atoms with Crippen molar-refractivity contribution in [1.82, 2.24) is 14.5 Å². The zero-order valence-corrected chi connectivity index (χ0v) is 16.3. The molecule has 1 aromatic carbocycles. The number of nitrogens with zero attached hydrogens (tertiary/aromatic N) is 3. The average molecular weight is 423 g/mol. The highest BCUT2D eigenvalue weighted by Crippen LogP contribution is 2.43. The first kappa shape index (κ1) is 20.8. The molecule has 2 heterocycles. The number of hydrogen-bond acceptors (Lipinski definition) is 7. The molecule has 3 rings (SSSR count). The molecule has 13 heteroatoms. The van der Waals surface area contributed by atoms with E-state index in [-0.39, 0.29) is 13.0 Å². The number of aryl methyl sites for hydroxylation is 1. The molecule has 0 aliphatic carbocycles. The Morgan fingerprint density at radius 2 is 2.17 bits per heavy atom. The van der Waals surface area contributed by atoms with Crippen LogP contribution >= 0.6 is 7.75 Å². The van der Waals surface area contributed by atoms with Gasteiger partial charge in [0.05, 0.1) is 6.61 Å². The smallest absolute Gasteiger partial charge is 0.350 e. The number of nitrogens with one attached hydrogen (secondary N) is 3. The Kier molecular flexibility index (Phi) is 6.21. The van der Waals surface area contributed by atoms with Crippen LogP contribution < -0.4 is 21.2 Å². The van der Waals surface area contributed by atoms with Crippen molar-refractivity contribution in [2.45, 2.75) is 31.7 Å². The molecule has 4 N–H and O–H groups in total. The summed E-state index contributed by atoms with van der Waals surface area (Å²) in [5.41, 5.74) is 6.53. The zero-order chi connectivity index (χ0) is 21.0. The first-order valence-electron chi connectivity index (χ1n) is 8.64. The number of para-hydroxylation sites is 1. The second-order valence-electron chi connectivity index (χ2n) is 6.42. The van der Waals surface area contributed by atoms with E-state index in [1.807, 2.05) is 0 Å². The largest absolute Gasteiger partial charge is 0.430 e. The number of ether oxygens (including phenoxy) is 1. The van der Waals surface area contributed by atoms with Gasteiger partial charge in [-0.3, -0.25) is 24.0 Å². The van der Waals surface area contributed by atoms with Gasteiger partial charge < -0.3 is 9.63 Å². The maximum Gasteiger partial charge on any atom is 0.430 e. The molecule has 2 aromatic rings. The molecule has 4 unspecified atom stereocenters. The maximum absolute atomic E-state index is 12.3. The van der Waals surface area contributed by atoms with Crippen LogP contribution in [-0.4, -0.2) is 33.2 Å². The molecule has 0 radical (unpaired) electrons. The summed E-state index contributed by atoms with van der Waals surface area (Å²) in [5.74, 6) is 0. The lowest BCUT2D eigenvalue weighted by atomic mass is 10.1. The summed E-state index contributed by atoms with van der Waals surface area (Å²) < 4.78 is 24.3. The predicted molar refractivity (Wildman–Crippen MR) is 101 cm³/mol. The summed E-state index contributed by atoms with van der Waals surface area (Å²) in [6.07, 6.45) is -0.102. The summed E-state index contributed by atoms with van der Waals surface area (Å²) in [5, 5.41) is 6.14. The molecule has 12 nitrogen and oxygen atoms in total. The van der Waals surface area contributed by atoms with Crippen molar-refractivity contribution in [3.63, 3.8) is 0 Å². The summed E-state index contributed by atoms with van der Waals surface area (Å²) in [6, 6.07) is 7.70. The fourth-order valence-electron chi connectivity index (χ4n) is 2.91. The number of anilines is 1. The van der Waals surface area contributed by atoms with Crippen LogP contribution in [0.15, 0.2) is 51.2 Å². The average Bonchev–Trinajstić information content (AvgIpc) is 3.06. The van der Waals surface area contributed by atoms with Gasteiger partial charge in [0.25, 0.3) is 5.56 Å². The van der Waals surface area contributed by atoms with E-state index in [0.717, 1.165) is 0 Å². The second kappa shape index (κ2) is 8.64. The van der Waals surface area contributed by atoms with E-state index in [1.54, 1.807) is 37.3 Å². The molecular weight excluding hydrogens is 403 g/mol. The number of aromatic nitrogens is 2. The number of H-pyrrole nitrogens is 1. The van der Waals surface area contributed by atoms with Crippen LogP contribution in [0, 0.1) is 12.5 Å². The van der Waals surface area contributed by atoms with Crippen molar-refractivity contribution in [1.29, 1.82) is 5.53 Å². The Morgan fingerprint density at radius 3 is 2.86 bits per heavy atom. The van der Waals surface area contributed by atoms with Crippen molar-refractivity contribution in [3.05, 3.63) is 62.9 Å². The van der Waals surface area contributed by atoms with Gasteiger partial charge in [-0.25, -0.2) is 9.36 Å². The molecular formula is C16H20N6O6P+. The van der Waals surface area contributed by atoms with E-state index < -0.39 is 37.4 Å². The summed E-state index contributed by atoms with van der Waals surface area (Å²) in [4.78, 5) is 38.8. The minimum absolute atomic E-state index is 0.170. The van der Waals surface area contributed by atoms with Gasteiger partial charge in [-0.2, -0.15) is 0 Å². The minimum atomic E-state index is -4.19. The van der Waals surface area contributed by atoms with Crippen LogP contribution in [0.4, 0.5) is 5.69 Å². The van der Waals surface area contributed by atoms with Gasteiger partial charge in [0.1, 0.15) is 23.0 Å². The molecule has 1 saturated heterocycles. The molecule has 4 atom stereocenters. The first-order chi connectivity index (χ1) is 13.8. The van der Waals surface area contributed by atoms with E-state index in [4.69, 9.17) is 14.8 Å². The van der Waals surface area contributed by atoms with Gasteiger partial charge in [-0.15, -0.1) is 0 Å². The standard InChI is InChI=1S/C16H19N6O6P/c1-10-8-22(16(24)18-15(10)23)14-7-12(19-21-17)13(28-14)9-27-29(25,26)20-11-5-3-2-4-6-11/h2-6,8,12-14,17H,7,9H2,1H3,(H2-,18,20,23,24,25,26)/p+1. The van der Waals surface area contributed by atoms with E-state index in [0.29, 0.717) is 11.3 Å². The monoisotopic (exact) mass is 423 g/mol. The molecule has 1 aliphatic rings. The van der Waals surface area contributed by atoms with Crippen molar-refractivity contribution in [3.8, 4) is 0 Å². The Labute approximate surface area is 164 Å². The fraction of sp³-hybridized carbons (Fsp3) is 0.375. The molecule has 0 saturated carbocycles. The van der Waals surface area contributed by atoms with Gasteiger partial charge in [0, 0.05) is 23.9 Å².